The number of aromatic nitrogens is 2. The highest BCUT2D eigenvalue weighted by molar-refractivity contribution is 5.98. The Labute approximate surface area is 119 Å². The Kier molecular flexibility index (Phi) is 4.65. The van der Waals surface area contributed by atoms with Crippen molar-refractivity contribution in [2.45, 2.75) is 45.1 Å². The zero-order valence-electron chi connectivity index (χ0n) is 12.4. The van der Waals surface area contributed by atoms with Gasteiger partial charge in [-0.2, -0.15) is 5.10 Å². The minimum atomic E-state index is -0.447. The number of nitrogens with zero attached hydrogens (tertiary/aromatic N) is 2. The number of carbonyl (C=O) groups excluding carboxylic acids is 1. The number of rotatable bonds is 5. The Hall–Kier alpha value is -1.56. The van der Waals surface area contributed by atoms with Gasteiger partial charge in [-0.1, -0.05) is 19.3 Å². The normalized spacial score (nSPS) is 17.9. The van der Waals surface area contributed by atoms with E-state index in [1.165, 1.54) is 32.1 Å². The van der Waals surface area contributed by atoms with Crippen molar-refractivity contribution in [2.75, 3.05) is 11.9 Å². The molecule has 6 nitrogen and oxygen atoms in total. The summed E-state index contributed by atoms with van der Waals surface area (Å²) >= 11 is 0. The first kappa shape index (κ1) is 14.8. The highest BCUT2D eigenvalue weighted by Gasteiger charge is 2.26. The zero-order chi connectivity index (χ0) is 14.7. The van der Waals surface area contributed by atoms with Crippen LogP contribution < -0.4 is 16.8 Å². The van der Waals surface area contributed by atoms with E-state index < -0.39 is 5.91 Å². The van der Waals surface area contributed by atoms with Gasteiger partial charge in [0.25, 0.3) is 5.91 Å². The van der Waals surface area contributed by atoms with Crippen molar-refractivity contribution in [3.63, 3.8) is 0 Å². The number of carbonyl (C=O) groups is 1. The van der Waals surface area contributed by atoms with E-state index >= 15 is 0 Å². The summed E-state index contributed by atoms with van der Waals surface area (Å²) in [6.07, 6.45) is 6.21. The molecule has 20 heavy (non-hydrogen) atoms. The second kappa shape index (κ2) is 6.26. The Balaban J connectivity index is 2.20. The van der Waals surface area contributed by atoms with Crippen LogP contribution in [0.3, 0.4) is 0 Å². The molecule has 0 bridgehead atoms. The Morgan fingerprint density at radius 2 is 2.10 bits per heavy atom. The summed E-state index contributed by atoms with van der Waals surface area (Å²) < 4.78 is 1.68. The summed E-state index contributed by atoms with van der Waals surface area (Å²) in [6, 6.07) is 0.170. The van der Waals surface area contributed by atoms with Gasteiger partial charge in [0.15, 0.2) is 0 Å². The molecule has 1 saturated carbocycles. The highest BCUT2D eigenvalue weighted by atomic mass is 16.1. The molecule has 1 atom stereocenters. The van der Waals surface area contributed by atoms with Crippen molar-refractivity contribution < 1.29 is 4.79 Å². The summed E-state index contributed by atoms with van der Waals surface area (Å²) in [7, 11) is 1.82. The lowest BCUT2D eigenvalue weighted by Crippen LogP contribution is -2.38. The molecular formula is C14H25N5O. The third-order valence-electron chi connectivity index (χ3n) is 4.26. The van der Waals surface area contributed by atoms with E-state index in [0.29, 0.717) is 29.5 Å². The predicted octanol–water partition coefficient (Wildman–Crippen LogP) is 1.15. The van der Waals surface area contributed by atoms with Crippen LogP contribution in [0, 0.1) is 12.8 Å². The third kappa shape index (κ3) is 2.95. The molecule has 1 heterocycles. The molecule has 0 aliphatic heterocycles. The first-order chi connectivity index (χ1) is 9.54. The summed E-state index contributed by atoms with van der Waals surface area (Å²) in [4.78, 5) is 11.6. The standard InChI is InChI=1S/C14H25N5O/c1-9-12(13(16)20)14(19(2)18-9)17-11(8-15)10-6-4-3-5-7-10/h10-11,17H,3-8,15H2,1-2H3,(H2,16,20). The molecule has 5 N–H and O–H groups in total. The molecule has 6 heteroatoms. The van der Waals surface area contributed by atoms with Crippen molar-refractivity contribution in [3.05, 3.63) is 11.3 Å². The maximum absolute atomic E-state index is 11.6. The van der Waals surface area contributed by atoms with Crippen LogP contribution in [0.5, 0.6) is 0 Å². The first-order valence-corrected chi connectivity index (χ1v) is 7.34. The third-order valence-corrected chi connectivity index (χ3v) is 4.26. The van der Waals surface area contributed by atoms with Gasteiger partial charge in [-0.05, 0) is 25.7 Å². The van der Waals surface area contributed by atoms with Gasteiger partial charge in [-0.25, -0.2) is 0 Å². The molecule has 1 aliphatic rings. The molecule has 0 saturated heterocycles. The van der Waals surface area contributed by atoms with E-state index in [-0.39, 0.29) is 6.04 Å². The van der Waals surface area contributed by atoms with Crippen LogP contribution in [-0.2, 0) is 7.05 Å². The molecule has 1 amide bonds. The monoisotopic (exact) mass is 279 g/mol. The summed E-state index contributed by atoms with van der Waals surface area (Å²) in [5.74, 6) is 0.804. The first-order valence-electron chi connectivity index (χ1n) is 7.34. The van der Waals surface area contributed by atoms with Crippen molar-refractivity contribution in [1.29, 1.82) is 0 Å². The minimum Gasteiger partial charge on any atom is -0.365 e. The quantitative estimate of drug-likeness (QED) is 0.752. The SMILES string of the molecule is Cc1nn(C)c(NC(CN)C2CCCCC2)c1C(N)=O. The number of hydrogen-bond donors (Lipinski definition) is 3. The highest BCUT2D eigenvalue weighted by Crippen LogP contribution is 2.29. The number of nitrogens with two attached hydrogens (primary N) is 2. The molecule has 1 unspecified atom stereocenters. The van der Waals surface area contributed by atoms with Gasteiger partial charge in [-0.15, -0.1) is 0 Å². The molecule has 2 rings (SSSR count). The van der Waals surface area contributed by atoms with E-state index in [2.05, 4.69) is 10.4 Å². The van der Waals surface area contributed by atoms with Crippen LogP contribution in [0.15, 0.2) is 0 Å². The fraction of sp³-hybridized carbons (Fsp3) is 0.714. The van der Waals surface area contributed by atoms with Crippen LogP contribution in [-0.4, -0.2) is 28.3 Å². The van der Waals surface area contributed by atoms with Crippen LogP contribution in [0.25, 0.3) is 0 Å². The van der Waals surface area contributed by atoms with Crippen molar-refractivity contribution in [3.8, 4) is 0 Å². The number of amides is 1. The second-order valence-corrected chi connectivity index (χ2v) is 5.68. The molecule has 1 fully saturated rings. The average Bonchev–Trinajstić information content (AvgIpc) is 2.71. The summed E-state index contributed by atoms with van der Waals surface area (Å²) in [5, 5.41) is 7.69. The Bertz CT molecular complexity index is 476. The minimum absolute atomic E-state index is 0.170. The predicted molar refractivity (Wildman–Crippen MR) is 79.5 cm³/mol. The maximum Gasteiger partial charge on any atom is 0.254 e. The van der Waals surface area contributed by atoms with Gasteiger partial charge < -0.3 is 16.8 Å². The van der Waals surface area contributed by atoms with Gasteiger partial charge in [0.05, 0.1) is 5.69 Å². The number of aryl methyl sites for hydroxylation is 2. The molecule has 1 aromatic heterocycles. The molecule has 0 aromatic carbocycles. The molecule has 0 spiro atoms. The van der Waals surface area contributed by atoms with Gasteiger partial charge in [-0.3, -0.25) is 9.48 Å². The van der Waals surface area contributed by atoms with E-state index in [0.717, 1.165) is 0 Å². The van der Waals surface area contributed by atoms with Gasteiger partial charge in [0, 0.05) is 19.6 Å². The smallest absolute Gasteiger partial charge is 0.254 e. The fourth-order valence-electron chi connectivity index (χ4n) is 3.20. The summed E-state index contributed by atoms with van der Waals surface area (Å²) in [5.41, 5.74) is 12.5. The maximum atomic E-state index is 11.6. The largest absolute Gasteiger partial charge is 0.365 e. The topological polar surface area (TPSA) is 99.0 Å². The van der Waals surface area contributed by atoms with E-state index in [9.17, 15) is 4.79 Å². The molecule has 1 aliphatic carbocycles. The Morgan fingerprint density at radius 3 is 2.65 bits per heavy atom. The van der Waals surface area contributed by atoms with E-state index in [1.807, 2.05) is 7.05 Å². The van der Waals surface area contributed by atoms with Crippen molar-refractivity contribution in [2.24, 2.45) is 24.4 Å². The number of primary amides is 1. The lowest BCUT2D eigenvalue weighted by Gasteiger charge is -2.30. The fourth-order valence-corrected chi connectivity index (χ4v) is 3.20. The lowest BCUT2D eigenvalue weighted by atomic mass is 9.84. The van der Waals surface area contributed by atoms with E-state index in [4.69, 9.17) is 11.5 Å². The van der Waals surface area contributed by atoms with Crippen LogP contribution in [0.4, 0.5) is 5.82 Å². The zero-order valence-corrected chi connectivity index (χ0v) is 12.4. The van der Waals surface area contributed by atoms with Gasteiger partial charge in [0.1, 0.15) is 11.4 Å². The van der Waals surface area contributed by atoms with Gasteiger partial charge in [0.2, 0.25) is 0 Å². The number of hydrogen-bond acceptors (Lipinski definition) is 4. The Morgan fingerprint density at radius 1 is 1.45 bits per heavy atom. The number of anilines is 1. The molecule has 112 valence electrons. The van der Waals surface area contributed by atoms with Crippen LogP contribution >= 0.6 is 0 Å². The average molecular weight is 279 g/mol. The van der Waals surface area contributed by atoms with Crippen molar-refractivity contribution in [1.82, 2.24) is 9.78 Å². The van der Waals surface area contributed by atoms with Crippen molar-refractivity contribution >= 4 is 11.7 Å². The second-order valence-electron chi connectivity index (χ2n) is 5.68. The molecular weight excluding hydrogens is 254 g/mol. The van der Waals surface area contributed by atoms with Gasteiger partial charge >= 0.3 is 0 Å². The number of nitrogens with one attached hydrogen (secondary N) is 1. The van der Waals surface area contributed by atoms with E-state index in [1.54, 1.807) is 11.6 Å². The molecule has 0 radical (unpaired) electrons. The molecule has 1 aromatic rings. The summed E-state index contributed by atoms with van der Waals surface area (Å²) in [6.45, 7) is 2.34. The van der Waals surface area contributed by atoms with Crippen LogP contribution in [0.1, 0.15) is 48.2 Å². The van der Waals surface area contributed by atoms with Crippen LogP contribution in [0.2, 0.25) is 0 Å². The lowest BCUT2D eigenvalue weighted by molar-refractivity contribution is 0.100.